The van der Waals surface area contributed by atoms with Crippen LogP contribution in [0.5, 0.6) is 0 Å². The van der Waals surface area contributed by atoms with Crippen LogP contribution in [0, 0.1) is 0 Å². The highest BCUT2D eigenvalue weighted by molar-refractivity contribution is 6.10. The van der Waals surface area contributed by atoms with Gasteiger partial charge in [0.25, 0.3) is 5.91 Å². The first kappa shape index (κ1) is 19.8. The lowest BCUT2D eigenvalue weighted by Crippen LogP contribution is -2.42. The van der Waals surface area contributed by atoms with E-state index < -0.39 is 6.04 Å². The number of hydrogen-bond acceptors (Lipinski definition) is 4. The molecule has 2 aromatic carbocycles. The number of rotatable bonds is 5. The van der Waals surface area contributed by atoms with Crippen molar-refractivity contribution in [3.8, 4) is 0 Å². The van der Waals surface area contributed by atoms with E-state index in [1.807, 2.05) is 48.6 Å². The quantitative estimate of drug-likeness (QED) is 0.662. The van der Waals surface area contributed by atoms with Crippen molar-refractivity contribution >= 4 is 35.6 Å². The molecule has 7 heteroatoms. The van der Waals surface area contributed by atoms with E-state index in [4.69, 9.17) is 0 Å². The Hall–Kier alpha value is -3.45. The summed E-state index contributed by atoms with van der Waals surface area (Å²) in [5.74, 6) is -0.574. The molecule has 0 bridgehead atoms. The molecule has 0 radical (unpaired) electrons. The number of anilines is 1. The highest BCUT2D eigenvalue weighted by atomic mass is 16.2. The smallest absolute Gasteiger partial charge is 0.256 e. The van der Waals surface area contributed by atoms with Gasteiger partial charge in [-0.1, -0.05) is 48.6 Å². The van der Waals surface area contributed by atoms with Crippen LogP contribution in [0.15, 0.2) is 48.5 Å². The molecule has 7 nitrogen and oxygen atoms in total. The first-order chi connectivity index (χ1) is 14.5. The van der Waals surface area contributed by atoms with Gasteiger partial charge in [-0.15, -0.1) is 0 Å². The first-order valence-corrected chi connectivity index (χ1v) is 9.98. The van der Waals surface area contributed by atoms with Crippen LogP contribution >= 0.6 is 0 Å². The molecule has 3 N–H and O–H groups in total. The van der Waals surface area contributed by atoms with Gasteiger partial charge in [-0.2, -0.15) is 0 Å². The van der Waals surface area contributed by atoms with Crippen molar-refractivity contribution in [3.05, 3.63) is 65.2 Å². The Balaban J connectivity index is 1.56. The molecule has 1 saturated heterocycles. The number of benzene rings is 2. The molecule has 1 fully saturated rings. The Morgan fingerprint density at radius 2 is 1.90 bits per heavy atom. The summed E-state index contributed by atoms with van der Waals surface area (Å²) < 4.78 is 0. The van der Waals surface area contributed by atoms with E-state index in [1.54, 1.807) is 24.1 Å². The summed E-state index contributed by atoms with van der Waals surface area (Å²) in [6.45, 7) is 0.511. The maximum atomic E-state index is 13.2. The van der Waals surface area contributed by atoms with E-state index in [1.165, 1.54) is 0 Å². The van der Waals surface area contributed by atoms with Crippen molar-refractivity contribution < 1.29 is 14.4 Å². The third kappa shape index (κ3) is 4.11. The van der Waals surface area contributed by atoms with Crippen molar-refractivity contribution in [1.29, 1.82) is 0 Å². The van der Waals surface area contributed by atoms with E-state index in [2.05, 4.69) is 16.0 Å². The zero-order chi connectivity index (χ0) is 21.1. The largest absolute Gasteiger partial charge is 0.350 e. The number of nitrogens with zero attached hydrogens (tertiary/aromatic N) is 1. The van der Waals surface area contributed by atoms with Gasteiger partial charge in [0, 0.05) is 12.6 Å². The normalized spacial score (nSPS) is 20.5. The molecule has 0 unspecified atom stereocenters. The van der Waals surface area contributed by atoms with Crippen LogP contribution in [-0.4, -0.2) is 54.8 Å². The fourth-order valence-corrected chi connectivity index (χ4v) is 3.93. The summed E-state index contributed by atoms with van der Waals surface area (Å²) in [5.41, 5.74) is 2.92. The number of carbonyl (C=O) groups is 3. The highest BCUT2D eigenvalue weighted by Gasteiger charge is 2.43. The number of fused-ring (bicyclic) bond motifs is 2. The van der Waals surface area contributed by atoms with Crippen molar-refractivity contribution in [3.63, 3.8) is 0 Å². The third-order valence-corrected chi connectivity index (χ3v) is 5.37. The van der Waals surface area contributed by atoms with E-state index in [0.29, 0.717) is 24.2 Å². The van der Waals surface area contributed by atoms with Crippen LogP contribution in [0.25, 0.3) is 12.2 Å². The van der Waals surface area contributed by atoms with Gasteiger partial charge in [-0.3, -0.25) is 14.4 Å². The zero-order valence-electron chi connectivity index (χ0n) is 16.7. The van der Waals surface area contributed by atoms with Gasteiger partial charge in [0.2, 0.25) is 11.8 Å². The summed E-state index contributed by atoms with van der Waals surface area (Å²) >= 11 is 0. The van der Waals surface area contributed by atoms with Gasteiger partial charge in [0.1, 0.15) is 6.04 Å². The minimum Gasteiger partial charge on any atom is -0.350 e. The minimum absolute atomic E-state index is 0.151. The SMILES string of the molecule is CNCC(=O)N[C@H]1C[C@H]2C(=O)Nc3ccc(/C=C/c4ccccc4)cc3C(=O)N2C1. The predicted octanol–water partition coefficient (Wildman–Crippen LogP) is 1.73. The number of nitrogens with one attached hydrogen (secondary N) is 3. The van der Waals surface area contributed by atoms with Gasteiger partial charge in [-0.25, -0.2) is 0 Å². The minimum atomic E-state index is -0.590. The molecule has 3 amide bonds. The Labute approximate surface area is 175 Å². The Bertz CT molecular complexity index is 1000. The lowest BCUT2D eigenvalue weighted by atomic mass is 10.1. The van der Waals surface area contributed by atoms with Gasteiger partial charge in [-0.05, 0) is 36.7 Å². The summed E-state index contributed by atoms with van der Waals surface area (Å²) in [7, 11) is 1.69. The van der Waals surface area contributed by atoms with Crippen LogP contribution in [0.4, 0.5) is 5.69 Å². The monoisotopic (exact) mass is 404 g/mol. The predicted molar refractivity (Wildman–Crippen MR) is 116 cm³/mol. The number of carbonyl (C=O) groups excluding carboxylic acids is 3. The fourth-order valence-electron chi connectivity index (χ4n) is 3.93. The summed E-state index contributed by atoms with van der Waals surface area (Å²) in [6.07, 6.45) is 4.33. The lowest BCUT2D eigenvalue weighted by molar-refractivity contribution is -0.121. The molecule has 2 heterocycles. The molecule has 2 aliphatic heterocycles. The standard InChI is InChI=1S/C23H24N4O3/c1-24-13-21(28)25-17-12-20-22(29)26-19-10-9-16(8-7-15-5-3-2-4-6-15)11-18(19)23(30)27(20)14-17/h2-11,17,20,24H,12-14H2,1H3,(H,25,28)(H,26,29)/b8-7+/t17-,20-/m0/s1. The molecule has 30 heavy (non-hydrogen) atoms. The molecule has 0 saturated carbocycles. The van der Waals surface area contributed by atoms with Crippen molar-refractivity contribution in [2.45, 2.75) is 18.5 Å². The van der Waals surface area contributed by atoms with Crippen molar-refractivity contribution in [1.82, 2.24) is 15.5 Å². The van der Waals surface area contributed by atoms with Crippen LogP contribution in [0.1, 0.15) is 27.9 Å². The second-order valence-electron chi connectivity index (χ2n) is 7.54. The molecular formula is C23H24N4O3. The maximum absolute atomic E-state index is 13.2. The van der Waals surface area contributed by atoms with E-state index in [9.17, 15) is 14.4 Å². The van der Waals surface area contributed by atoms with Gasteiger partial charge < -0.3 is 20.9 Å². The Kier molecular flexibility index (Phi) is 5.63. The van der Waals surface area contributed by atoms with Crippen LogP contribution in [0.2, 0.25) is 0 Å². The average Bonchev–Trinajstić information content (AvgIpc) is 3.13. The first-order valence-electron chi connectivity index (χ1n) is 9.98. The molecular weight excluding hydrogens is 380 g/mol. The third-order valence-electron chi connectivity index (χ3n) is 5.37. The Morgan fingerprint density at radius 3 is 2.67 bits per heavy atom. The lowest BCUT2D eigenvalue weighted by Gasteiger charge is -2.20. The van der Waals surface area contributed by atoms with E-state index >= 15 is 0 Å². The van der Waals surface area contributed by atoms with Crippen molar-refractivity contribution in [2.24, 2.45) is 0 Å². The van der Waals surface area contributed by atoms with Crippen LogP contribution in [-0.2, 0) is 9.59 Å². The van der Waals surface area contributed by atoms with Crippen LogP contribution < -0.4 is 16.0 Å². The molecule has 0 aliphatic carbocycles. The molecule has 2 aromatic rings. The van der Waals surface area contributed by atoms with E-state index in [-0.39, 0.29) is 30.3 Å². The molecule has 0 aromatic heterocycles. The maximum Gasteiger partial charge on any atom is 0.256 e. The van der Waals surface area contributed by atoms with E-state index in [0.717, 1.165) is 11.1 Å². The molecule has 154 valence electrons. The Morgan fingerprint density at radius 1 is 1.13 bits per heavy atom. The average molecular weight is 404 g/mol. The summed E-state index contributed by atoms with van der Waals surface area (Å²) in [5, 5.41) is 8.56. The zero-order valence-corrected chi connectivity index (χ0v) is 16.7. The molecule has 0 spiro atoms. The molecule has 4 rings (SSSR count). The molecule has 2 atom stereocenters. The second kappa shape index (κ2) is 8.51. The number of hydrogen-bond donors (Lipinski definition) is 3. The van der Waals surface area contributed by atoms with Gasteiger partial charge in [0.05, 0.1) is 17.8 Å². The van der Waals surface area contributed by atoms with Crippen molar-refractivity contribution in [2.75, 3.05) is 25.5 Å². The summed E-state index contributed by atoms with van der Waals surface area (Å²) in [6, 6.07) is 14.5. The number of amides is 3. The number of likely N-dealkylation sites (N-methyl/N-ethyl adjacent to an activating group) is 1. The highest BCUT2D eigenvalue weighted by Crippen LogP contribution is 2.30. The molecule has 2 aliphatic rings. The van der Waals surface area contributed by atoms with Gasteiger partial charge in [0.15, 0.2) is 0 Å². The van der Waals surface area contributed by atoms with Gasteiger partial charge >= 0.3 is 0 Å². The van der Waals surface area contributed by atoms with Crippen LogP contribution in [0.3, 0.4) is 0 Å². The topological polar surface area (TPSA) is 90.5 Å². The fraction of sp³-hybridized carbons (Fsp3) is 0.261. The summed E-state index contributed by atoms with van der Waals surface area (Å²) in [4.78, 5) is 39.4. The second-order valence-corrected chi connectivity index (χ2v) is 7.54.